The largest absolute Gasteiger partial charge is 0.396 e. The van der Waals surface area contributed by atoms with Gasteiger partial charge in [-0.25, -0.2) is 0 Å². The van der Waals surface area contributed by atoms with E-state index in [1.54, 1.807) is 0 Å². The van der Waals surface area contributed by atoms with Crippen LogP contribution in [-0.4, -0.2) is 61.0 Å². The minimum atomic E-state index is 0. The van der Waals surface area contributed by atoms with Crippen molar-refractivity contribution in [2.24, 2.45) is 0 Å². The molecular weight excluding hydrogens is 307 g/mol. The smallest absolute Gasteiger partial charge is 0.0430 e. The third-order valence-corrected chi connectivity index (χ3v) is 1.54. The Bertz CT molecular complexity index is 53.0. The summed E-state index contributed by atoms with van der Waals surface area (Å²) in [6.07, 6.45) is 6.11. The maximum atomic E-state index is 8.07. The minimum absolute atomic E-state index is 0. The summed E-state index contributed by atoms with van der Waals surface area (Å²) in [6.45, 7) is 7.19. The van der Waals surface area contributed by atoms with Crippen molar-refractivity contribution in [2.45, 2.75) is 59.3 Å². The fourth-order valence-electron chi connectivity index (χ4n) is 0.474. The quantitative estimate of drug-likeness (QED) is 0.694. The van der Waals surface area contributed by atoms with Crippen molar-refractivity contribution in [2.75, 3.05) is 19.8 Å². The molecule has 0 aliphatic rings. The van der Waals surface area contributed by atoms with Gasteiger partial charge in [0.05, 0.1) is 0 Å². The van der Waals surface area contributed by atoms with E-state index in [0.29, 0.717) is 19.8 Å². The standard InChI is InChI=1S/3C4H10O.In/c3*1-2-3-4-5;/h3*5H,2-4H2,1H3;. The van der Waals surface area contributed by atoms with Gasteiger partial charge in [0, 0.05) is 45.7 Å². The summed E-state index contributed by atoms with van der Waals surface area (Å²) in [4.78, 5) is 0. The first kappa shape index (κ1) is 25.6. The van der Waals surface area contributed by atoms with E-state index >= 15 is 0 Å². The molecule has 99 valence electrons. The summed E-state index contributed by atoms with van der Waals surface area (Å²) < 4.78 is 0. The van der Waals surface area contributed by atoms with Gasteiger partial charge in [-0.15, -0.1) is 0 Å². The monoisotopic (exact) mass is 337 g/mol. The van der Waals surface area contributed by atoms with Crippen LogP contribution in [0.5, 0.6) is 0 Å². The van der Waals surface area contributed by atoms with E-state index in [0.717, 1.165) is 38.5 Å². The molecule has 0 aromatic heterocycles. The zero-order valence-corrected chi connectivity index (χ0v) is 14.6. The number of hydrogen-bond donors (Lipinski definition) is 3. The van der Waals surface area contributed by atoms with Crippen LogP contribution >= 0.6 is 0 Å². The molecule has 0 aliphatic carbocycles. The molecule has 3 nitrogen and oxygen atoms in total. The van der Waals surface area contributed by atoms with Crippen LogP contribution in [0.2, 0.25) is 0 Å². The van der Waals surface area contributed by atoms with Gasteiger partial charge >= 0.3 is 0 Å². The van der Waals surface area contributed by atoms with Crippen LogP contribution < -0.4 is 0 Å². The van der Waals surface area contributed by atoms with Gasteiger partial charge in [-0.3, -0.25) is 0 Å². The van der Waals surface area contributed by atoms with Crippen LogP contribution in [0.1, 0.15) is 59.3 Å². The number of hydrogen-bond acceptors (Lipinski definition) is 3. The van der Waals surface area contributed by atoms with E-state index in [2.05, 4.69) is 20.8 Å². The Morgan fingerprint density at radius 2 is 0.750 bits per heavy atom. The molecule has 0 fully saturated rings. The molecule has 0 saturated carbocycles. The van der Waals surface area contributed by atoms with Crippen LogP contribution in [0, 0.1) is 0 Å². The molecule has 0 amide bonds. The van der Waals surface area contributed by atoms with Crippen LogP contribution in [-0.2, 0) is 0 Å². The van der Waals surface area contributed by atoms with E-state index in [1.165, 1.54) is 0 Å². The summed E-state index contributed by atoms with van der Waals surface area (Å²) in [7, 11) is 0. The van der Waals surface area contributed by atoms with Gasteiger partial charge in [-0.2, -0.15) is 0 Å². The minimum Gasteiger partial charge on any atom is -0.396 e. The van der Waals surface area contributed by atoms with Gasteiger partial charge < -0.3 is 15.3 Å². The summed E-state index contributed by atoms with van der Waals surface area (Å²) in [5.74, 6) is 0. The number of aliphatic hydroxyl groups is 3. The van der Waals surface area contributed by atoms with Gasteiger partial charge in [0.2, 0.25) is 0 Å². The Hall–Kier alpha value is 0.750. The Morgan fingerprint density at radius 1 is 0.562 bits per heavy atom. The first-order valence-electron chi connectivity index (χ1n) is 6.07. The number of rotatable bonds is 6. The number of unbranched alkanes of at least 4 members (excludes halogenated alkanes) is 3. The molecule has 0 spiro atoms. The first-order chi connectivity index (χ1) is 7.24. The maximum Gasteiger partial charge on any atom is 0.0430 e. The Kier molecular flexibility index (Phi) is 57.6. The van der Waals surface area contributed by atoms with Gasteiger partial charge in [0.1, 0.15) is 0 Å². The fourth-order valence-corrected chi connectivity index (χ4v) is 0.474. The molecule has 0 aromatic rings. The van der Waals surface area contributed by atoms with Gasteiger partial charge in [-0.05, 0) is 19.3 Å². The zero-order valence-electron chi connectivity index (χ0n) is 11.3. The Morgan fingerprint density at radius 3 is 0.750 bits per heavy atom. The maximum absolute atomic E-state index is 8.07. The van der Waals surface area contributed by atoms with E-state index in [4.69, 9.17) is 15.3 Å². The molecule has 3 N–H and O–H groups in total. The molecule has 0 aliphatic heterocycles. The van der Waals surface area contributed by atoms with Crippen molar-refractivity contribution in [3.8, 4) is 0 Å². The van der Waals surface area contributed by atoms with Gasteiger partial charge in [-0.1, -0.05) is 40.0 Å². The molecule has 0 atom stereocenters. The molecule has 0 heterocycles. The second-order valence-electron chi connectivity index (χ2n) is 3.23. The van der Waals surface area contributed by atoms with E-state index < -0.39 is 0 Å². The van der Waals surface area contributed by atoms with E-state index in [-0.39, 0.29) is 25.8 Å². The summed E-state index contributed by atoms with van der Waals surface area (Å²) >= 11 is 0. The van der Waals surface area contributed by atoms with Gasteiger partial charge in [0.15, 0.2) is 0 Å². The SMILES string of the molecule is CCCCO.CCCCO.CCCCO.[In]. The van der Waals surface area contributed by atoms with Crippen molar-refractivity contribution < 1.29 is 15.3 Å². The molecule has 0 rings (SSSR count). The Labute approximate surface area is 120 Å². The van der Waals surface area contributed by atoms with Crippen molar-refractivity contribution in [1.29, 1.82) is 0 Å². The predicted molar refractivity (Wildman–Crippen MR) is 71.7 cm³/mol. The molecule has 0 aromatic carbocycles. The van der Waals surface area contributed by atoms with Crippen molar-refractivity contribution in [3.63, 3.8) is 0 Å². The second kappa shape index (κ2) is 36.0. The zero-order chi connectivity index (χ0) is 12.4. The topological polar surface area (TPSA) is 60.7 Å². The van der Waals surface area contributed by atoms with Crippen molar-refractivity contribution >= 4 is 25.8 Å². The van der Waals surface area contributed by atoms with E-state index in [1.807, 2.05) is 0 Å². The molecule has 0 saturated heterocycles. The molecule has 4 heteroatoms. The van der Waals surface area contributed by atoms with Crippen LogP contribution in [0.15, 0.2) is 0 Å². The van der Waals surface area contributed by atoms with E-state index in [9.17, 15) is 0 Å². The average molecular weight is 337 g/mol. The van der Waals surface area contributed by atoms with Crippen molar-refractivity contribution in [3.05, 3.63) is 0 Å². The molecule has 0 bridgehead atoms. The summed E-state index contributed by atoms with van der Waals surface area (Å²) in [5, 5.41) is 24.2. The van der Waals surface area contributed by atoms with Crippen LogP contribution in [0.4, 0.5) is 0 Å². The van der Waals surface area contributed by atoms with Crippen LogP contribution in [0.3, 0.4) is 0 Å². The molecule has 3 radical (unpaired) electrons. The summed E-state index contributed by atoms with van der Waals surface area (Å²) in [5.41, 5.74) is 0. The third-order valence-electron chi connectivity index (χ3n) is 1.54. The van der Waals surface area contributed by atoms with Crippen molar-refractivity contribution in [1.82, 2.24) is 0 Å². The third kappa shape index (κ3) is 61.2. The van der Waals surface area contributed by atoms with Crippen LogP contribution in [0.25, 0.3) is 0 Å². The first-order valence-corrected chi connectivity index (χ1v) is 6.07. The number of aliphatic hydroxyl groups excluding tert-OH is 3. The normalized spacial score (nSPS) is 7.88. The molecule has 0 unspecified atom stereocenters. The molecular formula is C12H30InO3. The summed E-state index contributed by atoms with van der Waals surface area (Å²) in [6, 6.07) is 0. The Balaban J connectivity index is -0.0000000655. The van der Waals surface area contributed by atoms with Gasteiger partial charge in [0.25, 0.3) is 0 Å². The molecule has 16 heavy (non-hydrogen) atoms. The second-order valence-corrected chi connectivity index (χ2v) is 3.23. The average Bonchev–Trinajstić information content (AvgIpc) is 2.23. The predicted octanol–water partition coefficient (Wildman–Crippen LogP) is 1.96. The fraction of sp³-hybridized carbons (Fsp3) is 1.00.